The molecular formula is C12H15NO2. The molecule has 0 radical (unpaired) electrons. The Kier molecular flexibility index (Phi) is 3.50. The smallest absolute Gasteiger partial charge is 0.253 e. The lowest BCUT2D eigenvalue weighted by Gasteiger charge is -2.19. The van der Waals surface area contributed by atoms with Gasteiger partial charge in [0.1, 0.15) is 5.75 Å². The van der Waals surface area contributed by atoms with E-state index in [9.17, 15) is 4.79 Å². The molecule has 1 aromatic rings. The van der Waals surface area contributed by atoms with Gasteiger partial charge in [-0.15, -0.1) is 0 Å². The molecular weight excluding hydrogens is 190 g/mol. The van der Waals surface area contributed by atoms with Crippen LogP contribution < -0.4 is 9.64 Å². The van der Waals surface area contributed by atoms with Gasteiger partial charge in [0, 0.05) is 12.6 Å². The fraction of sp³-hybridized carbons (Fsp3) is 0.250. The molecule has 3 heteroatoms. The molecule has 80 valence electrons. The maximum Gasteiger partial charge on any atom is 0.253 e. The summed E-state index contributed by atoms with van der Waals surface area (Å²) in [6.45, 7) is 5.31. The second kappa shape index (κ2) is 4.64. The van der Waals surface area contributed by atoms with E-state index >= 15 is 0 Å². The molecule has 3 nitrogen and oxygen atoms in total. The van der Waals surface area contributed by atoms with Crippen molar-refractivity contribution in [1.29, 1.82) is 0 Å². The SMILES string of the molecule is C=C(C)C(=O)N(C)c1ccccc1OC. The van der Waals surface area contributed by atoms with Crippen molar-refractivity contribution in [2.24, 2.45) is 0 Å². The maximum absolute atomic E-state index is 11.7. The Hall–Kier alpha value is -1.77. The summed E-state index contributed by atoms with van der Waals surface area (Å²) in [5, 5.41) is 0. The Morgan fingerprint density at radius 1 is 1.40 bits per heavy atom. The van der Waals surface area contributed by atoms with E-state index in [1.54, 1.807) is 21.1 Å². The summed E-state index contributed by atoms with van der Waals surface area (Å²) in [7, 11) is 3.28. The largest absolute Gasteiger partial charge is 0.495 e. The molecule has 0 saturated carbocycles. The van der Waals surface area contributed by atoms with Gasteiger partial charge in [-0.05, 0) is 19.1 Å². The molecule has 15 heavy (non-hydrogen) atoms. The number of anilines is 1. The van der Waals surface area contributed by atoms with Crippen molar-refractivity contribution < 1.29 is 9.53 Å². The van der Waals surface area contributed by atoms with Crippen molar-refractivity contribution in [1.82, 2.24) is 0 Å². The molecule has 1 amide bonds. The van der Waals surface area contributed by atoms with Crippen molar-refractivity contribution in [3.63, 3.8) is 0 Å². The van der Waals surface area contributed by atoms with E-state index in [4.69, 9.17) is 4.74 Å². The highest BCUT2D eigenvalue weighted by molar-refractivity contribution is 6.05. The van der Waals surface area contributed by atoms with Gasteiger partial charge in [0.2, 0.25) is 0 Å². The minimum Gasteiger partial charge on any atom is -0.495 e. The topological polar surface area (TPSA) is 29.5 Å². The minimum atomic E-state index is -0.112. The fourth-order valence-corrected chi connectivity index (χ4v) is 1.30. The molecule has 0 unspecified atom stereocenters. The first-order valence-corrected chi connectivity index (χ1v) is 4.64. The van der Waals surface area contributed by atoms with Crippen molar-refractivity contribution >= 4 is 11.6 Å². The van der Waals surface area contributed by atoms with Crippen LogP contribution in [0.3, 0.4) is 0 Å². The van der Waals surface area contributed by atoms with E-state index in [0.717, 1.165) is 5.69 Å². The van der Waals surface area contributed by atoms with Crippen LogP contribution in [0.15, 0.2) is 36.4 Å². The number of methoxy groups -OCH3 is 1. The van der Waals surface area contributed by atoms with E-state index in [1.807, 2.05) is 24.3 Å². The third-order valence-electron chi connectivity index (χ3n) is 2.12. The summed E-state index contributed by atoms with van der Waals surface area (Å²) in [4.78, 5) is 13.2. The highest BCUT2D eigenvalue weighted by Gasteiger charge is 2.14. The van der Waals surface area contributed by atoms with Crippen molar-refractivity contribution in [3.8, 4) is 5.75 Å². The van der Waals surface area contributed by atoms with E-state index in [-0.39, 0.29) is 5.91 Å². The quantitative estimate of drug-likeness (QED) is 0.708. The number of likely N-dealkylation sites (N-methyl/N-ethyl adjacent to an activating group) is 1. The van der Waals surface area contributed by atoms with Crippen molar-refractivity contribution in [2.75, 3.05) is 19.1 Å². The second-order valence-corrected chi connectivity index (χ2v) is 3.32. The van der Waals surface area contributed by atoms with Gasteiger partial charge in [0.05, 0.1) is 12.8 Å². The summed E-state index contributed by atoms with van der Waals surface area (Å²) in [6, 6.07) is 7.37. The molecule has 1 aromatic carbocycles. The van der Waals surface area contributed by atoms with E-state index in [2.05, 4.69) is 6.58 Å². The third kappa shape index (κ3) is 2.37. The zero-order chi connectivity index (χ0) is 11.4. The fourth-order valence-electron chi connectivity index (χ4n) is 1.30. The second-order valence-electron chi connectivity index (χ2n) is 3.32. The number of carbonyl (C=O) groups excluding carboxylic acids is 1. The molecule has 0 aromatic heterocycles. The summed E-state index contributed by atoms with van der Waals surface area (Å²) in [6.07, 6.45) is 0. The van der Waals surface area contributed by atoms with Crippen LogP contribution in [0.1, 0.15) is 6.92 Å². The van der Waals surface area contributed by atoms with Gasteiger partial charge < -0.3 is 9.64 Å². The lowest BCUT2D eigenvalue weighted by molar-refractivity contribution is -0.114. The van der Waals surface area contributed by atoms with Crippen LogP contribution in [0.4, 0.5) is 5.69 Å². The molecule has 0 saturated heterocycles. The highest BCUT2D eigenvalue weighted by atomic mass is 16.5. The molecule has 0 spiro atoms. The van der Waals surface area contributed by atoms with Crippen molar-refractivity contribution in [3.05, 3.63) is 36.4 Å². The molecule has 0 fully saturated rings. The highest BCUT2D eigenvalue weighted by Crippen LogP contribution is 2.27. The molecule has 0 aliphatic carbocycles. The van der Waals surface area contributed by atoms with Gasteiger partial charge in [-0.3, -0.25) is 4.79 Å². The van der Waals surface area contributed by atoms with Gasteiger partial charge in [0.25, 0.3) is 5.91 Å². The number of nitrogens with zero attached hydrogens (tertiary/aromatic N) is 1. The van der Waals surface area contributed by atoms with Crippen LogP contribution in [0.25, 0.3) is 0 Å². The van der Waals surface area contributed by atoms with Gasteiger partial charge in [-0.1, -0.05) is 18.7 Å². The average Bonchev–Trinajstić information content (AvgIpc) is 2.26. The molecule has 0 atom stereocenters. The molecule has 0 aliphatic rings. The number of hydrogen-bond donors (Lipinski definition) is 0. The number of hydrogen-bond acceptors (Lipinski definition) is 2. The van der Waals surface area contributed by atoms with Crippen LogP contribution in [0, 0.1) is 0 Å². The lowest BCUT2D eigenvalue weighted by Crippen LogP contribution is -2.26. The monoisotopic (exact) mass is 205 g/mol. The lowest BCUT2D eigenvalue weighted by atomic mass is 10.2. The number of carbonyl (C=O) groups is 1. The number of para-hydroxylation sites is 2. The summed E-state index contributed by atoms with van der Waals surface area (Å²) < 4.78 is 5.17. The van der Waals surface area contributed by atoms with Crippen LogP contribution >= 0.6 is 0 Å². The first-order chi connectivity index (χ1) is 7.07. The average molecular weight is 205 g/mol. The minimum absolute atomic E-state index is 0.112. The summed E-state index contributed by atoms with van der Waals surface area (Å²) in [5.41, 5.74) is 1.25. The summed E-state index contributed by atoms with van der Waals surface area (Å²) >= 11 is 0. The number of amides is 1. The predicted molar refractivity (Wildman–Crippen MR) is 61.2 cm³/mol. The predicted octanol–water partition coefficient (Wildman–Crippen LogP) is 2.23. The molecule has 0 N–H and O–H groups in total. The zero-order valence-electron chi connectivity index (χ0n) is 9.28. The van der Waals surface area contributed by atoms with Crippen molar-refractivity contribution in [2.45, 2.75) is 6.92 Å². The first kappa shape index (κ1) is 11.3. The first-order valence-electron chi connectivity index (χ1n) is 4.64. The van der Waals surface area contributed by atoms with Crippen LogP contribution in [-0.2, 0) is 4.79 Å². The summed E-state index contributed by atoms with van der Waals surface area (Å²) in [5.74, 6) is 0.564. The van der Waals surface area contributed by atoms with E-state index in [1.165, 1.54) is 4.90 Å². The Labute approximate surface area is 90.0 Å². The number of ether oxygens (including phenoxy) is 1. The normalized spacial score (nSPS) is 9.53. The maximum atomic E-state index is 11.7. The van der Waals surface area contributed by atoms with E-state index in [0.29, 0.717) is 11.3 Å². The number of rotatable bonds is 3. The Morgan fingerprint density at radius 2 is 2.00 bits per heavy atom. The third-order valence-corrected chi connectivity index (χ3v) is 2.12. The molecule has 1 rings (SSSR count). The standard InChI is InChI=1S/C12H15NO2/c1-9(2)12(14)13(3)10-7-5-6-8-11(10)15-4/h5-8H,1H2,2-4H3. The molecule has 0 bridgehead atoms. The Morgan fingerprint density at radius 3 is 2.53 bits per heavy atom. The Bertz CT molecular complexity index is 385. The number of benzene rings is 1. The zero-order valence-corrected chi connectivity index (χ0v) is 9.28. The van der Waals surface area contributed by atoms with Crippen LogP contribution in [0.2, 0.25) is 0 Å². The van der Waals surface area contributed by atoms with Gasteiger partial charge >= 0.3 is 0 Å². The molecule has 0 heterocycles. The van der Waals surface area contributed by atoms with Gasteiger partial charge in [-0.25, -0.2) is 0 Å². The van der Waals surface area contributed by atoms with Crippen LogP contribution in [-0.4, -0.2) is 20.1 Å². The molecule has 0 aliphatic heterocycles. The van der Waals surface area contributed by atoms with Crippen LogP contribution in [0.5, 0.6) is 5.75 Å². The van der Waals surface area contributed by atoms with Gasteiger partial charge in [-0.2, -0.15) is 0 Å². The van der Waals surface area contributed by atoms with Gasteiger partial charge in [0.15, 0.2) is 0 Å². The Balaban J connectivity index is 3.05. The van der Waals surface area contributed by atoms with E-state index < -0.39 is 0 Å².